The number of hydrogen-bond donors (Lipinski definition) is 0. The molecule has 0 unspecified atom stereocenters. The quantitative estimate of drug-likeness (QED) is 0.171. The standard InChI is InChI=1S/C51H31N3O2/c1-3-9-32(10-4-1)33-19-21-37(22-20-33)50-52-49(36-11-5-2-6-12-36)53-51(54-50)40-24-27-43-42-26-23-39(30-47(42)56-48(43)31-40)35-17-15-34(16-18-35)38-25-28-46-44(29-38)41-13-7-8-14-45(41)55-46/h1-31H. The summed E-state index contributed by atoms with van der Waals surface area (Å²) in [6.07, 6.45) is 0. The van der Waals surface area contributed by atoms with Gasteiger partial charge in [0, 0.05) is 38.2 Å². The largest absolute Gasteiger partial charge is 0.456 e. The van der Waals surface area contributed by atoms with E-state index in [4.69, 9.17) is 23.8 Å². The normalized spacial score (nSPS) is 11.6. The van der Waals surface area contributed by atoms with Gasteiger partial charge < -0.3 is 8.83 Å². The van der Waals surface area contributed by atoms with Crippen molar-refractivity contribution in [2.75, 3.05) is 0 Å². The van der Waals surface area contributed by atoms with Gasteiger partial charge in [0.2, 0.25) is 0 Å². The molecule has 3 aromatic heterocycles. The van der Waals surface area contributed by atoms with E-state index in [0.29, 0.717) is 17.5 Å². The minimum atomic E-state index is 0.587. The highest BCUT2D eigenvalue weighted by molar-refractivity contribution is 6.07. The third kappa shape index (κ3) is 5.62. The lowest BCUT2D eigenvalue weighted by Crippen LogP contribution is -2.00. The van der Waals surface area contributed by atoms with Crippen molar-refractivity contribution in [1.29, 1.82) is 0 Å². The minimum Gasteiger partial charge on any atom is -0.456 e. The molecule has 11 aromatic rings. The van der Waals surface area contributed by atoms with E-state index in [0.717, 1.165) is 88.4 Å². The van der Waals surface area contributed by atoms with Gasteiger partial charge in [-0.2, -0.15) is 0 Å². The Kier molecular flexibility index (Phi) is 7.42. The summed E-state index contributed by atoms with van der Waals surface area (Å²) in [7, 11) is 0. The Morgan fingerprint density at radius 1 is 0.232 bits per heavy atom. The Labute approximate surface area is 322 Å². The minimum absolute atomic E-state index is 0.587. The van der Waals surface area contributed by atoms with E-state index >= 15 is 0 Å². The third-order valence-corrected chi connectivity index (χ3v) is 10.6. The molecule has 0 atom stereocenters. The highest BCUT2D eigenvalue weighted by atomic mass is 16.3. The van der Waals surface area contributed by atoms with Crippen LogP contribution in [0.15, 0.2) is 197 Å². The van der Waals surface area contributed by atoms with E-state index in [9.17, 15) is 0 Å². The van der Waals surface area contributed by atoms with Crippen molar-refractivity contribution >= 4 is 43.9 Å². The number of para-hydroxylation sites is 1. The van der Waals surface area contributed by atoms with Crippen molar-refractivity contribution in [3.8, 4) is 67.5 Å². The second-order valence-electron chi connectivity index (χ2n) is 14.0. The maximum Gasteiger partial charge on any atom is 0.164 e. The van der Waals surface area contributed by atoms with Gasteiger partial charge in [-0.25, -0.2) is 15.0 Å². The zero-order valence-corrected chi connectivity index (χ0v) is 30.1. The van der Waals surface area contributed by atoms with E-state index in [1.165, 1.54) is 5.56 Å². The molecule has 0 spiro atoms. The van der Waals surface area contributed by atoms with Crippen molar-refractivity contribution in [2.24, 2.45) is 0 Å². The van der Waals surface area contributed by atoms with Gasteiger partial charge in [-0.15, -0.1) is 0 Å². The second-order valence-corrected chi connectivity index (χ2v) is 14.0. The fourth-order valence-electron chi connectivity index (χ4n) is 7.65. The van der Waals surface area contributed by atoms with Crippen molar-refractivity contribution in [1.82, 2.24) is 15.0 Å². The summed E-state index contributed by atoms with van der Waals surface area (Å²) in [6, 6.07) is 64.7. The average Bonchev–Trinajstić information content (AvgIpc) is 3.84. The molecule has 5 heteroatoms. The monoisotopic (exact) mass is 717 g/mol. The van der Waals surface area contributed by atoms with Crippen LogP contribution in [0, 0.1) is 0 Å². The van der Waals surface area contributed by atoms with E-state index in [1.54, 1.807) is 0 Å². The van der Waals surface area contributed by atoms with Crippen LogP contribution in [0.5, 0.6) is 0 Å². The first kappa shape index (κ1) is 31.9. The van der Waals surface area contributed by atoms with Crippen molar-refractivity contribution in [3.63, 3.8) is 0 Å². The smallest absolute Gasteiger partial charge is 0.164 e. The molecule has 0 amide bonds. The van der Waals surface area contributed by atoms with Crippen molar-refractivity contribution in [3.05, 3.63) is 188 Å². The van der Waals surface area contributed by atoms with E-state index < -0.39 is 0 Å². The van der Waals surface area contributed by atoms with Gasteiger partial charge in [-0.1, -0.05) is 146 Å². The van der Waals surface area contributed by atoms with Gasteiger partial charge in [0.05, 0.1) is 0 Å². The molecule has 0 bridgehead atoms. The molecule has 11 rings (SSSR count). The fourth-order valence-corrected chi connectivity index (χ4v) is 7.65. The summed E-state index contributed by atoms with van der Waals surface area (Å²) in [5.41, 5.74) is 12.9. The topological polar surface area (TPSA) is 65.0 Å². The number of furan rings is 2. The van der Waals surface area contributed by atoms with Crippen LogP contribution in [-0.2, 0) is 0 Å². The Bertz CT molecular complexity index is 3220. The molecule has 262 valence electrons. The van der Waals surface area contributed by atoms with Gasteiger partial charge in [0.15, 0.2) is 17.5 Å². The molecule has 56 heavy (non-hydrogen) atoms. The molecule has 0 radical (unpaired) electrons. The maximum atomic E-state index is 6.54. The molecule has 0 saturated heterocycles. The molecule has 0 saturated carbocycles. The first-order valence-corrected chi connectivity index (χ1v) is 18.7. The summed E-state index contributed by atoms with van der Waals surface area (Å²) in [4.78, 5) is 14.9. The summed E-state index contributed by atoms with van der Waals surface area (Å²) in [5, 5.41) is 4.36. The number of benzene rings is 8. The van der Waals surface area contributed by atoms with Gasteiger partial charge in [-0.05, 0) is 75.8 Å². The Hall–Kier alpha value is -7.63. The van der Waals surface area contributed by atoms with Gasteiger partial charge in [-0.3, -0.25) is 0 Å². The van der Waals surface area contributed by atoms with Gasteiger partial charge in [0.25, 0.3) is 0 Å². The molecular formula is C51H31N3O2. The van der Waals surface area contributed by atoms with Crippen molar-refractivity contribution < 1.29 is 8.83 Å². The molecule has 0 aliphatic carbocycles. The predicted octanol–water partition coefficient (Wildman–Crippen LogP) is 13.7. The zero-order valence-electron chi connectivity index (χ0n) is 30.1. The molecule has 0 N–H and O–H groups in total. The SMILES string of the molecule is c1ccc(-c2ccc(-c3nc(-c4ccccc4)nc(-c4ccc5c(c4)oc4cc(-c6ccc(-c7ccc8oc9ccccc9c8c7)cc6)ccc45)n3)cc2)cc1. The number of aromatic nitrogens is 3. The molecule has 5 nitrogen and oxygen atoms in total. The summed E-state index contributed by atoms with van der Waals surface area (Å²) in [6.45, 7) is 0. The predicted molar refractivity (Wildman–Crippen MR) is 227 cm³/mol. The number of nitrogens with zero attached hydrogens (tertiary/aromatic N) is 3. The number of hydrogen-bond acceptors (Lipinski definition) is 5. The molecule has 0 fully saturated rings. The van der Waals surface area contributed by atoms with E-state index in [2.05, 4.69) is 133 Å². The Balaban J connectivity index is 0.927. The Morgan fingerprint density at radius 3 is 1.27 bits per heavy atom. The molecular weight excluding hydrogens is 687 g/mol. The lowest BCUT2D eigenvalue weighted by Gasteiger charge is -2.09. The Morgan fingerprint density at radius 2 is 0.607 bits per heavy atom. The summed E-state index contributed by atoms with van der Waals surface area (Å²) >= 11 is 0. The van der Waals surface area contributed by atoms with Crippen molar-refractivity contribution in [2.45, 2.75) is 0 Å². The molecule has 0 aliphatic heterocycles. The molecule has 3 heterocycles. The fraction of sp³-hybridized carbons (Fsp3) is 0. The zero-order chi connectivity index (χ0) is 37.0. The highest BCUT2D eigenvalue weighted by Gasteiger charge is 2.16. The van der Waals surface area contributed by atoms with E-state index in [-0.39, 0.29) is 0 Å². The highest BCUT2D eigenvalue weighted by Crippen LogP contribution is 2.37. The lowest BCUT2D eigenvalue weighted by atomic mass is 9.98. The first-order valence-electron chi connectivity index (χ1n) is 18.7. The molecule has 0 aliphatic rings. The lowest BCUT2D eigenvalue weighted by molar-refractivity contribution is 0.668. The number of rotatable bonds is 6. The summed E-state index contributed by atoms with van der Waals surface area (Å²) in [5.74, 6) is 1.82. The number of fused-ring (bicyclic) bond motifs is 6. The van der Waals surface area contributed by atoms with Crippen LogP contribution >= 0.6 is 0 Å². The average molecular weight is 718 g/mol. The van der Waals surface area contributed by atoms with E-state index in [1.807, 2.05) is 54.6 Å². The van der Waals surface area contributed by atoms with Crippen LogP contribution in [0.3, 0.4) is 0 Å². The van der Waals surface area contributed by atoms with Crippen LogP contribution in [0.2, 0.25) is 0 Å². The van der Waals surface area contributed by atoms with Crippen LogP contribution in [0.1, 0.15) is 0 Å². The van der Waals surface area contributed by atoms with Gasteiger partial charge in [0.1, 0.15) is 22.3 Å². The third-order valence-electron chi connectivity index (χ3n) is 10.6. The maximum absolute atomic E-state index is 6.54. The van der Waals surface area contributed by atoms with Crippen LogP contribution in [0.4, 0.5) is 0 Å². The van der Waals surface area contributed by atoms with Crippen LogP contribution in [0.25, 0.3) is 111 Å². The summed E-state index contributed by atoms with van der Waals surface area (Å²) < 4.78 is 12.6. The van der Waals surface area contributed by atoms with Crippen LogP contribution < -0.4 is 0 Å². The second kappa shape index (κ2) is 13.0. The van der Waals surface area contributed by atoms with Gasteiger partial charge >= 0.3 is 0 Å². The first-order chi connectivity index (χ1) is 27.7. The molecule has 8 aromatic carbocycles. The van der Waals surface area contributed by atoms with Crippen LogP contribution in [-0.4, -0.2) is 15.0 Å².